The Balaban J connectivity index is 1.89. The molecule has 1 aromatic carbocycles. The molecule has 1 aliphatic heterocycles. The lowest BCUT2D eigenvalue weighted by atomic mass is 9.93. The summed E-state index contributed by atoms with van der Waals surface area (Å²) in [5, 5.41) is 3.61. The molecule has 0 aliphatic carbocycles. The number of benzene rings is 1. The Morgan fingerprint density at radius 3 is 2.44 bits per heavy atom. The Morgan fingerprint density at radius 2 is 1.88 bits per heavy atom. The number of nitrogens with zero attached hydrogens (tertiary/aromatic N) is 3. The number of carbonyl (C=O) groups is 1. The van der Waals surface area contributed by atoms with E-state index in [1.807, 2.05) is 34.1 Å². The second-order valence-electron chi connectivity index (χ2n) is 7.42. The van der Waals surface area contributed by atoms with E-state index in [2.05, 4.69) is 26.2 Å². The molecule has 134 valence electrons. The van der Waals surface area contributed by atoms with E-state index in [9.17, 15) is 4.79 Å². The average Bonchev–Trinajstić information content (AvgIpc) is 3.24. The minimum atomic E-state index is -0.0145. The van der Waals surface area contributed by atoms with Crippen LogP contribution in [0.4, 0.5) is 10.8 Å². The summed E-state index contributed by atoms with van der Waals surface area (Å²) in [5.41, 5.74) is 1.96. The Bertz CT molecular complexity index is 730. The number of rotatable bonds is 4. The first-order chi connectivity index (χ1) is 11.8. The Morgan fingerprint density at radius 1 is 1.24 bits per heavy atom. The molecular weight excluding hydrogens is 354 g/mol. The summed E-state index contributed by atoms with van der Waals surface area (Å²) in [4.78, 5) is 21.5. The maximum Gasteiger partial charge on any atom is 0.242 e. The zero-order valence-corrected chi connectivity index (χ0v) is 16.5. The molecule has 1 saturated heterocycles. The van der Waals surface area contributed by atoms with Gasteiger partial charge in [0.2, 0.25) is 5.91 Å². The maximum absolute atomic E-state index is 12.7. The van der Waals surface area contributed by atoms with Crippen LogP contribution in [0.2, 0.25) is 5.02 Å². The van der Waals surface area contributed by atoms with Gasteiger partial charge in [0.05, 0.1) is 5.69 Å². The molecule has 2 aromatic rings. The van der Waals surface area contributed by atoms with Gasteiger partial charge >= 0.3 is 0 Å². The van der Waals surface area contributed by atoms with Crippen molar-refractivity contribution in [1.29, 1.82) is 0 Å². The van der Waals surface area contributed by atoms with Gasteiger partial charge < -0.3 is 9.80 Å². The first-order valence-corrected chi connectivity index (χ1v) is 9.87. The van der Waals surface area contributed by atoms with Gasteiger partial charge in [0, 0.05) is 34.6 Å². The number of carbonyl (C=O) groups excluding carboxylic acids is 1. The van der Waals surface area contributed by atoms with E-state index in [-0.39, 0.29) is 11.3 Å². The molecule has 6 heteroatoms. The van der Waals surface area contributed by atoms with Gasteiger partial charge in [0.15, 0.2) is 5.13 Å². The fraction of sp³-hybridized carbons (Fsp3) is 0.474. The number of thiazole rings is 1. The highest BCUT2D eigenvalue weighted by atomic mass is 35.5. The van der Waals surface area contributed by atoms with E-state index in [0.717, 1.165) is 42.4 Å². The number of hydrogen-bond donors (Lipinski definition) is 0. The lowest BCUT2D eigenvalue weighted by Gasteiger charge is -2.25. The van der Waals surface area contributed by atoms with Crippen LogP contribution in [0, 0.1) is 0 Å². The number of likely N-dealkylation sites (tertiary alicyclic amines) is 1. The number of hydrogen-bond acceptors (Lipinski definition) is 4. The summed E-state index contributed by atoms with van der Waals surface area (Å²) >= 11 is 7.61. The molecule has 25 heavy (non-hydrogen) atoms. The fourth-order valence-corrected chi connectivity index (χ4v) is 4.02. The molecule has 4 nitrogen and oxygen atoms in total. The van der Waals surface area contributed by atoms with Crippen LogP contribution in [-0.2, 0) is 10.2 Å². The van der Waals surface area contributed by atoms with Crippen LogP contribution < -0.4 is 4.90 Å². The van der Waals surface area contributed by atoms with Crippen LogP contribution in [0.1, 0.15) is 39.3 Å². The van der Waals surface area contributed by atoms with Crippen LogP contribution in [0.3, 0.4) is 0 Å². The molecule has 0 atom stereocenters. The molecule has 0 unspecified atom stereocenters. The van der Waals surface area contributed by atoms with Gasteiger partial charge in [-0.3, -0.25) is 4.79 Å². The van der Waals surface area contributed by atoms with Crippen molar-refractivity contribution in [3.8, 4) is 0 Å². The minimum absolute atomic E-state index is 0.0145. The van der Waals surface area contributed by atoms with Crippen LogP contribution in [0.25, 0.3) is 0 Å². The monoisotopic (exact) mass is 377 g/mol. The first-order valence-electron chi connectivity index (χ1n) is 8.61. The van der Waals surface area contributed by atoms with E-state index in [0.29, 0.717) is 11.6 Å². The number of anilines is 2. The highest BCUT2D eigenvalue weighted by Crippen LogP contribution is 2.33. The summed E-state index contributed by atoms with van der Waals surface area (Å²) in [5.74, 6) is 0.153. The van der Waals surface area contributed by atoms with Gasteiger partial charge in [0.25, 0.3) is 0 Å². The Labute approximate surface area is 158 Å². The van der Waals surface area contributed by atoms with Crippen molar-refractivity contribution in [2.45, 2.75) is 39.0 Å². The molecule has 1 aromatic heterocycles. The van der Waals surface area contributed by atoms with Gasteiger partial charge in [-0.05, 0) is 37.1 Å². The quantitative estimate of drug-likeness (QED) is 0.763. The third kappa shape index (κ3) is 4.33. The van der Waals surface area contributed by atoms with Crippen LogP contribution >= 0.6 is 22.9 Å². The molecular formula is C19H24ClN3OS. The number of aromatic nitrogens is 1. The van der Waals surface area contributed by atoms with Crippen molar-refractivity contribution in [1.82, 2.24) is 9.88 Å². The van der Waals surface area contributed by atoms with Gasteiger partial charge in [0.1, 0.15) is 6.54 Å². The summed E-state index contributed by atoms with van der Waals surface area (Å²) in [6.07, 6.45) is 2.19. The molecule has 1 fully saturated rings. The van der Waals surface area contributed by atoms with E-state index >= 15 is 0 Å². The highest BCUT2D eigenvalue weighted by Gasteiger charge is 2.25. The molecule has 0 radical (unpaired) electrons. The maximum atomic E-state index is 12.7. The van der Waals surface area contributed by atoms with E-state index in [4.69, 9.17) is 16.6 Å². The Kier molecular flexibility index (Phi) is 5.35. The molecule has 3 rings (SSSR count). The minimum Gasteiger partial charge on any atom is -0.341 e. The van der Waals surface area contributed by atoms with Crippen LogP contribution in [-0.4, -0.2) is 35.4 Å². The van der Waals surface area contributed by atoms with Gasteiger partial charge in [-0.15, -0.1) is 11.3 Å². The van der Waals surface area contributed by atoms with E-state index in [1.54, 1.807) is 11.3 Å². The van der Waals surface area contributed by atoms with Crippen molar-refractivity contribution in [2.75, 3.05) is 24.5 Å². The molecule has 0 spiro atoms. The van der Waals surface area contributed by atoms with Crippen molar-refractivity contribution in [3.63, 3.8) is 0 Å². The van der Waals surface area contributed by atoms with Crippen molar-refractivity contribution >= 4 is 39.7 Å². The second kappa shape index (κ2) is 7.34. The standard InChI is InChI=1S/C19H24ClN3OS/c1-19(2,3)16-13-25-18(21-16)23(15-8-6-14(20)7-9-15)12-17(24)22-10-4-5-11-22/h6-9,13H,4-5,10-12H2,1-3H3. The number of halogens is 1. The van der Waals surface area contributed by atoms with Gasteiger partial charge in [-0.2, -0.15) is 0 Å². The van der Waals surface area contributed by atoms with E-state index < -0.39 is 0 Å². The second-order valence-corrected chi connectivity index (χ2v) is 8.69. The number of amides is 1. The topological polar surface area (TPSA) is 36.4 Å². The molecule has 0 N–H and O–H groups in total. The molecule has 2 heterocycles. The Hall–Kier alpha value is -1.59. The van der Waals surface area contributed by atoms with Gasteiger partial charge in [-0.1, -0.05) is 32.4 Å². The normalized spacial score (nSPS) is 14.8. The fourth-order valence-electron chi connectivity index (χ4n) is 2.82. The lowest BCUT2D eigenvalue weighted by Crippen LogP contribution is -2.37. The average molecular weight is 378 g/mol. The van der Waals surface area contributed by atoms with Crippen LogP contribution in [0.5, 0.6) is 0 Å². The highest BCUT2D eigenvalue weighted by molar-refractivity contribution is 7.13. The molecule has 0 bridgehead atoms. The first kappa shape index (κ1) is 18.2. The summed E-state index contributed by atoms with van der Waals surface area (Å²) in [6.45, 7) is 8.46. The van der Waals surface area contributed by atoms with Crippen molar-refractivity contribution < 1.29 is 4.79 Å². The molecule has 1 amide bonds. The lowest BCUT2D eigenvalue weighted by molar-refractivity contribution is -0.128. The van der Waals surface area contributed by atoms with Gasteiger partial charge in [-0.25, -0.2) is 4.98 Å². The smallest absolute Gasteiger partial charge is 0.242 e. The predicted molar refractivity (Wildman–Crippen MR) is 105 cm³/mol. The third-order valence-electron chi connectivity index (χ3n) is 4.38. The summed E-state index contributed by atoms with van der Waals surface area (Å²) in [6, 6.07) is 7.58. The largest absolute Gasteiger partial charge is 0.341 e. The van der Waals surface area contributed by atoms with Crippen molar-refractivity contribution in [2.24, 2.45) is 0 Å². The molecule has 1 aliphatic rings. The van der Waals surface area contributed by atoms with Crippen LogP contribution in [0.15, 0.2) is 29.6 Å². The zero-order chi connectivity index (χ0) is 18.0. The summed E-state index contributed by atoms with van der Waals surface area (Å²) < 4.78 is 0. The predicted octanol–water partition coefficient (Wildman–Crippen LogP) is 4.85. The SMILES string of the molecule is CC(C)(C)c1csc(N(CC(=O)N2CCCC2)c2ccc(Cl)cc2)n1. The summed E-state index contributed by atoms with van der Waals surface area (Å²) in [7, 11) is 0. The molecule has 0 saturated carbocycles. The van der Waals surface area contributed by atoms with Crippen molar-refractivity contribution in [3.05, 3.63) is 40.4 Å². The van der Waals surface area contributed by atoms with E-state index in [1.165, 1.54) is 0 Å². The zero-order valence-electron chi connectivity index (χ0n) is 15.0. The third-order valence-corrected chi connectivity index (χ3v) is 5.50.